The molecular weight excluding hydrogens is 382 g/mol. The standard InChI is InChI=1S/C19H11F4NO2S/c20-13-3-1-2-4-14(13)24-18(26)16-10-9-15(27-16)11-5-7-12(8-6-11)17(25)19(21,22)23/h1-10H,(H,24,26). The number of amides is 1. The summed E-state index contributed by atoms with van der Waals surface area (Å²) in [5, 5.41) is 2.46. The summed E-state index contributed by atoms with van der Waals surface area (Å²) in [6.07, 6.45) is -4.93. The molecule has 3 nitrogen and oxygen atoms in total. The summed E-state index contributed by atoms with van der Waals surface area (Å²) < 4.78 is 50.9. The highest BCUT2D eigenvalue weighted by Gasteiger charge is 2.39. The molecule has 0 spiro atoms. The van der Waals surface area contributed by atoms with Gasteiger partial charge in [0.25, 0.3) is 11.7 Å². The van der Waals surface area contributed by atoms with E-state index in [4.69, 9.17) is 0 Å². The summed E-state index contributed by atoms with van der Waals surface area (Å²) in [7, 11) is 0. The first-order chi connectivity index (χ1) is 12.8. The molecule has 1 N–H and O–H groups in total. The molecule has 0 bridgehead atoms. The lowest BCUT2D eigenvalue weighted by molar-refractivity contribution is -0.0885. The molecule has 27 heavy (non-hydrogen) atoms. The Bertz CT molecular complexity index is 993. The van der Waals surface area contributed by atoms with Gasteiger partial charge in [-0.2, -0.15) is 13.2 Å². The Kier molecular flexibility index (Phi) is 5.09. The van der Waals surface area contributed by atoms with Gasteiger partial charge in [-0.25, -0.2) is 4.39 Å². The summed E-state index contributed by atoms with van der Waals surface area (Å²) in [6, 6.07) is 13.8. The predicted octanol–water partition coefficient (Wildman–Crippen LogP) is 5.55. The van der Waals surface area contributed by atoms with E-state index in [-0.39, 0.29) is 5.69 Å². The summed E-state index contributed by atoms with van der Waals surface area (Å²) in [6.45, 7) is 0. The number of Topliss-reactive ketones (excluding diaryl/α,β-unsaturated/α-hetero) is 1. The van der Waals surface area contributed by atoms with Crippen molar-refractivity contribution in [3.8, 4) is 10.4 Å². The number of thiophene rings is 1. The van der Waals surface area contributed by atoms with Crippen LogP contribution >= 0.6 is 11.3 Å². The minimum Gasteiger partial charge on any atom is -0.319 e. The predicted molar refractivity (Wildman–Crippen MR) is 94.5 cm³/mol. The lowest BCUT2D eigenvalue weighted by Crippen LogP contribution is -2.22. The van der Waals surface area contributed by atoms with Gasteiger partial charge >= 0.3 is 6.18 Å². The van der Waals surface area contributed by atoms with E-state index >= 15 is 0 Å². The molecule has 0 aliphatic rings. The summed E-state index contributed by atoms with van der Waals surface area (Å²) in [5.74, 6) is -2.97. The maximum Gasteiger partial charge on any atom is 0.454 e. The van der Waals surface area contributed by atoms with Gasteiger partial charge in [-0.1, -0.05) is 36.4 Å². The minimum atomic E-state index is -4.93. The van der Waals surface area contributed by atoms with Crippen molar-refractivity contribution in [1.29, 1.82) is 0 Å². The minimum absolute atomic E-state index is 0.0486. The Hall–Kier alpha value is -3.00. The molecule has 1 amide bonds. The highest BCUT2D eigenvalue weighted by Crippen LogP contribution is 2.30. The normalized spacial score (nSPS) is 11.3. The SMILES string of the molecule is O=C(Nc1ccccc1F)c1ccc(-c2ccc(C(=O)C(F)(F)F)cc2)s1. The fourth-order valence-electron chi connectivity index (χ4n) is 2.31. The van der Waals surface area contributed by atoms with Gasteiger partial charge in [-0.05, 0) is 29.8 Å². The zero-order chi connectivity index (χ0) is 19.6. The number of ketones is 1. The van der Waals surface area contributed by atoms with Crippen molar-refractivity contribution in [2.24, 2.45) is 0 Å². The molecule has 3 rings (SSSR count). The van der Waals surface area contributed by atoms with Crippen molar-refractivity contribution in [3.05, 3.63) is 76.9 Å². The lowest BCUT2D eigenvalue weighted by Gasteiger charge is -2.06. The van der Waals surface area contributed by atoms with E-state index in [2.05, 4.69) is 5.32 Å². The average Bonchev–Trinajstić information content (AvgIpc) is 3.12. The van der Waals surface area contributed by atoms with Crippen LogP contribution in [-0.4, -0.2) is 17.9 Å². The van der Waals surface area contributed by atoms with Gasteiger partial charge in [0.15, 0.2) is 0 Å². The third kappa shape index (κ3) is 4.22. The molecular formula is C19H11F4NO2S. The largest absolute Gasteiger partial charge is 0.454 e. The first-order valence-corrected chi connectivity index (χ1v) is 8.45. The van der Waals surface area contributed by atoms with E-state index in [0.29, 0.717) is 15.3 Å². The number of rotatable bonds is 4. The molecule has 138 valence electrons. The van der Waals surface area contributed by atoms with E-state index < -0.39 is 29.2 Å². The van der Waals surface area contributed by atoms with Crippen LogP contribution < -0.4 is 5.32 Å². The van der Waals surface area contributed by atoms with Crippen LogP contribution in [0.1, 0.15) is 20.0 Å². The highest BCUT2D eigenvalue weighted by molar-refractivity contribution is 7.17. The van der Waals surface area contributed by atoms with E-state index in [1.165, 1.54) is 36.4 Å². The van der Waals surface area contributed by atoms with E-state index in [1.807, 2.05) is 0 Å². The summed E-state index contributed by atoms with van der Waals surface area (Å²) in [5.41, 5.74) is 0.149. The smallest absolute Gasteiger partial charge is 0.319 e. The number of anilines is 1. The number of hydrogen-bond acceptors (Lipinski definition) is 3. The highest BCUT2D eigenvalue weighted by atomic mass is 32.1. The molecule has 0 saturated carbocycles. The third-order valence-corrected chi connectivity index (χ3v) is 4.77. The van der Waals surface area contributed by atoms with Crippen molar-refractivity contribution in [3.63, 3.8) is 0 Å². The number of halogens is 4. The number of hydrogen-bond donors (Lipinski definition) is 1. The quantitative estimate of drug-likeness (QED) is 0.467. The number of carbonyl (C=O) groups excluding carboxylic acids is 2. The van der Waals surface area contributed by atoms with Crippen molar-refractivity contribution >= 4 is 28.7 Å². The van der Waals surface area contributed by atoms with Crippen LogP contribution in [0.5, 0.6) is 0 Å². The van der Waals surface area contributed by atoms with Gasteiger partial charge in [-0.3, -0.25) is 9.59 Å². The molecule has 0 aliphatic carbocycles. The number of nitrogens with one attached hydrogen (secondary N) is 1. The van der Waals surface area contributed by atoms with Crippen LogP contribution in [0.4, 0.5) is 23.2 Å². The molecule has 1 aromatic heterocycles. The van der Waals surface area contributed by atoms with Crippen LogP contribution in [0, 0.1) is 5.82 Å². The van der Waals surface area contributed by atoms with Gasteiger partial charge in [0.05, 0.1) is 10.6 Å². The van der Waals surface area contributed by atoms with E-state index in [0.717, 1.165) is 23.5 Å². The lowest BCUT2D eigenvalue weighted by atomic mass is 10.1. The second-order valence-electron chi connectivity index (χ2n) is 5.50. The van der Waals surface area contributed by atoms with Crippen molar-refractivity contribution in [1.82, 2.24) is 0 Å². The van der Waals surface area contributed by atoms with Crippen molar-refractivity contribution in [2.45, 2.75) is 6.18 Å². The summed E-state index contributed by atoms with van der Waals surface area (Å²) in [4.78, 5) is 24.4. The molecule has 0 atom stereocenters. The first-order valence-electron chi connectivity index (χ1n) is 7.63. The van der Waals surface area contributed by atoms with Gasteiger partial charge in [0, 0.05) is 10.4 Å². The molecule has 1 heterocycles. The Balaban J connectivity index is 1.76. The first kappa shape index (κ1) is 18.8. The monoisotopic (exact) mass is 393 g/mol. The molecule has 0 aliphatic heterocycles. The van der Waals surface area contributed by atoms with Crippen LogP contribution in [0.2, 0.25) is 0 Å². The van der Waals surface area contributed by atoms with Gasteiger partial charge in [0.2, 0.25) is 0 Å². The number of benzene rings is 2. The van der Waals surface area contributed by atoms with Crippen LogP contribution in [0.3, 0.4) is 0 Å². The summed E-state index contributed by atoms with van der Waals surface area (Å²) >= 11 is 1.10. The van der Waals surface area contributed by atoms with Crippen LogP contribution in [-0.2, 0) is 0 Å². The fraction of sp³-hybridized carbons (Fsp3) is 0.0526. The molecule has 0 radical (unpaired) electrons. The van der Waals surface area contributed by atoms with Gasteiger partial charge < -0.3 is 5.32 Å². The average molecular weight is 393 g/mol. The molecule has 0 unspecified atom stereocenters. The van der Waals surface area contributed by atoms with E-state index in [9.17, 15) is 27.2 Å². The molecule has 2 aromatic carbocycles. The maximum atomic E-state index is 13.6. The number of alkyl halides is 3. The molecule has 8 heteroatoms. The second-order valence-corrected chi connectivity index (χ2v) is 6.59. The molecule has 0 fully saturated rings. The number of para-hydroxylation sites is 1. The Labute approximate surface area is 155 Å². The maximum absolute atomic E-state index is 13.6. The van der Waals surface area contributed by atoms with Crippen molar-refractivity contribution in [2.75, 3.05) is 5.32 Å². The third-order valence-electron chi connectivity index (χ3n) is 3.64. The molecule has 3 aromatic rings. The van der Waals surface area contributed by atoms with Crippen molar-refractivity contribution < 1.29 is 27.2 Å². The van der Waals surface area contributed by atoms with E-state index in [1.54, 1.807) is 12.1 Å². The number of carbonyl (C=O) groups is 2. The van der Waals surface area contributed by atoms with Crippen LogP contribution in [0.25, 0.3) is 10.4 Å². The zero-order valence-electron chi connectivity index (χ0n) is 13.5. The van der Waals surface area contributed by atoms with Gasteiger partial charge in [0.1, 0.15) is 5.82 Å². The Morgan fingerprint density at radius 3 is 2.19 bits per heavy atom. The zero-order valence-corrected chi connectivity index (χ0v) is 14.3. The Morgan fingerprint density at radius 1 is 0.889 bits per heavy atom. The second kappa shape index (κ2) is 7.32. The van der Waals surface area contributed by atoms with Gasteiger partial charge in [-0.15, -0.1) is 11.3 Å². The Morgan fingerprint density at radius 2 is 1.56 bits per heavy atom. The van der Waals surface area contributed by atoms with Crippen LogP contribution in [0.15, 0.2) is 60.7 Å². The fourth-order valence-corrected chi connectivity index (χ4v) is 3.22. The topological polar surface area (TPSA) is 46.2 Å². The molecule has 0 saturated heterocycles.